The van der Waals surface area contributed by atoms with Crippen molar-refractivity contribution in [3.8, 4) is 0 Å². The van der Waals surface area contributed by atoms with Gasteiger partial charge in [0.15, 0.2) is 0 Å². The Kier molecular flexibility index (Phi) is 6.38. The van der Waals surface area contributed by atoms with Crippen molar-refractivity contribution in [3.63, 3.8) is 0 Å². The lowest BCUT2D eigenvalue weighted by Crippen LogP contribution is -2.36. The molecule has 0 amide bonds. The molecule has 2 unspecified atom stereocenters. The van der Waals surface area contributed by atoms with Gasteiger partial charge in [-0.05, 0) is 6.42 Å². The predicted molar refractivity (Wildman–Crippen MR) is 72.6 cm³/mol. The van der Waals surface area contributed by atoms with Gasteiger partial charge in [-0.25, -0.2) is 4.98 Å². The van der Waals surface area contributed by atoms with Crippen molar-refractivity contribution >= 4 is 5.82 Å². The van der Waals surface area contributed by atoms with Gasteiger partial charge in [-0.15, -0.1) is 0 Å². The lowest BCUT2D eigenvalue weighted by Gasteiger charge is -2.22. The SMILES string of the molecule is CC(C)C(F)(F)c1cncc(N)n1.OC1CCOCC1O. The van der Waals surface area contributed by atoms with Gasteiger partial charge in [-0.2, -0.15) is 8.78 Å². The summed E-state index contributed by atoms with van der Waals surface area (Å²) in [5.41, 5.74) is 4.88. The number of rotatable bonds is 2. The van der Waals surface area contributed by atoms with Crippen LogP contribution in [-0.2, 0) is 10.7 Å². The van der Waals surface area contributed by atoms with Crippen molar-refractivity contribution in [1.82, 2.24) is 9.97 Å². The highest BCUT2D eigenvalue weighted by Gasteiger charge is 2.37. The molecule has 1 aliphatic rings. The quantitative estimate of drug-likeness (QED) is 0.751. The van der Waals surface area contributed by atoms with Crippen LogP contribution in [0.5, 0.6) is 0 Å². The molecule has 1 aromatic rings. The third kappa shape index (κ3) is 5.14. The van der Waals surface area contributed by atoms with E-state index in [0.717, 1.165) is 6.20 Å². The van der Waals surface area contributed by atoms with Gasteiger partial charge in [0, 0.05) is 12.5 Å². The van der Waals surface area contributed by atoms with Gasteiger partial charge in [0.05, 0.1) is 25.1 Å². The molecule has 0 spiro atoms. The molecule has 8 heteroatoms. The lowest BCUT2D eigenvalue weighted by molar-refractivity contribution is -0.0852. The smallest absolute Gasteiger partial charge is 0.293 e. The number of anilines is 1. The molecule has 0 aromatic carbocycles. The Balaban J connectivity index is 0.000000235. The fraction of sp³-hybridized carbons (Fsp3) is 0.692. The minimum Gasteiger partial charge on any atom is -0.390 e. The standard InChI is InChI=1S/C8H11F2N3.C5H10O3/c1-5(2)8(9,10)6-3-12-4-7(11)13-6;6-4-1-2-8-3-5(4)7/h3-5H,1-2H3,(H2,11,13);4-7H,1-3H2. The number of hydrogen-bond donors (Lipinski definition) is 3. The molecule has 2 heterocycles. The third-order valence-electron chi connectivity index (χ3n) is 3.01. The maximum absolute atomic E-state index is 13.3. The highest BCUT2D eigenvalue weighted by Crippen LogP contribution is 2.33. The maximum atomic E-state index is 13.3. The summed E-state index contributed by atoms with van der Waals surface area (Å²) in [5, 5.41) is 17.7. The molecule has 2 atom stereocenters. The number of nitrogens with zero attached hydrogens (tertiary/aromatic N) is 2. The second-order valence-corrected chi connectivity index (χ2v) is 5.11. The van der Waals surface area contributed by atoms with Crippen LogP contribution in [0.2, 0.25) is 0 Å². The van der Waals surface area contributed by atoms with Crippen LogP contribution in [0.4, 0.5) is 14.6 Å². The van der Waals surface area contributed by atoms with E-state index < -0.39 is 24.0 Å². The highest BCUT2D eigenvalue weighted by atomic mass is 19.3. The van der Waals surface area contributed by atoms with Crippen LogP contribution in [0.25, 0.3) is 0 Å². The molecule has 0 aliphatic carbocycles. The largest absolute Gasteiger partial charge is 0.390 e. The van der Waals surface area contributed by atoms with Crippen molar-refractivity contribution in [2.24, 2.45) is 5.92 Å². The molecule has 0 bridgehead atoms. The molecule has 4 N–H and O–H groups in total. The van der Waals surface area contributed by atoms with E-state index in [1.165, 1.54) is 20.0 Å². The number of aliphatic hydroxyl groups is 2. The van der Waals surface area contributed by atoms with E-state index >= 15 is 0 Å². The van der Waals surface area contributed by atoms with Gasteiger partial charge in [0.2, 0.25) is 0 Å². The minimum atomic E-state index is -2.97. The zero-order chi connectivity index (χ0) is 16.0. The van der Waals surface area contributed by atoms with E-state index in [4.69, 9.17) is 20.7 Å². The Morgan fingerprint density at radius 1 is 1.33 bits per heavy atom. The Bertz CT molecular complexity index is 436. The van der Waals surface area contributed by atoms with Crippen LogP contribution < -0.4 is 5.73 Å². The second-order valence-electron chi connectivity index (χ2n) is 5.11. The van der Waals surface area contributed by atoms with E-state index in [1.807, 2.05) is 0 Å². The lowest BCUT2D eigenvalue weighted by atomic mass is 10.0. The summed E-state index contributed by atoms with van der Waals surface area (Å²) >= 11 is 0. The Hall–Kier alpha value is -1.38. The van der Waals surface area contributed by atoms with Gasteiger partial charge in [-0.3, -0.25) is 4.98 Å². The van der Waals surface area contributed by atoms with E-state index in [9.17, 15) is 8.78 Å². The van der Waals surface area contributed by atoms with Crippen molar-refractivity contribution in [1.29, 1.82) is 0 Å². The number of hydrogen-bond acceptors (Lipinski definition) is 6. The molecule has 1 fully saturated rings. The number of nitrogens with two attached hydrogens (primary N) is 1. The monoisotopic (exact) mass is 305 g/mol. The fourth-order valence-electron chi connectivity index (χ4n) is 1.55. The molecule has 21 heavy (non-hydrogen) atoms. The van der Waals surface area contributed by atoms with E-state index in [1.54, 1.807) is 0 Å². The Labute approximate surface area is 122 Å². The molecule has 6 nitrogen and oxygen atoms in total. The molecule has 2 rings (SSSR count). The van der Waals surface area contributed by atoms with Crippen LogP contribution in [-0.4, -0.2) is 45.6 Å². The molecule has 0 saturated carbocycles. The number of alkyl halides is 2. The van der Waals surface area contributed by atoms with Gasteiger partial charge in [0.25, 0.3) is 5.92 Å². The summed E-state index contributed by atoms with van der Waals surface area (Å²) in [7, 11) is 0. The first-order valence-corrected chi connectivity index (χ1v) is 6.64. The first-order valence-electron chi connectivity index (χ1n) is 6.64. The van der Waals surface area contributed by atoms with Gasteiger partial charge in [0.1, 0.15) is 17.6 Å². The average molecular weight is 305 g/mol. The first kappa shape index (κ1) is 17.7. The summed E-state index contributed by atoms with van der Waals surface area (Å²) in [6.45, 7) is 3.69. The van der Waals surface area contributed by atoms with Crippen molar-refractivity contribution in [2.45, 2.75) is 38.4 Å². The number of ether oxygens (including phenoxy) is 1. The van der Waals surface area contributed by atoms with Crippen LogP contribution in [0.1, 0.15) is 26.0 Å². The number of halogens is 2. The van der Waals surface area contributed by atoms with Crippen LogP contribution in [0, 0.1) is 5.92 Å². The van der Waals surface area contributed by atoms with Crippen molar-refractivity contribution < 1.29 is 23.7 Å². The Morgan fingerprint density at radius 3 is 2.43 bits per heavy atom. The number of nitrogen functional groups attached to an aromatic ring is 1. The molecule has 1 aromatic heterocycles. The summed E-state index contributed by atoms with van der Waals surface area (Å²) in [6, 6.07) is 0. The number of aromatic nitrogens is 2. The summed E-state index contributed by atoms with van der Waals surface area (Å²) < 4.78 is 31.4. The van der Waals surface area contributed by atoms with Crippen molar-refractivity contribution in [2.75, 3.05) is 18.9 Å². The topological polar surface area (TPSA) is 101 Å². The van der Waals surface area contributed by atoms with Gasteiger partial charge in [-0.1, -0.05) is 13.8 Å². The zero-order valence-electron chi connectivity index (χ0n) is 12.0. The highest BCUT2D eigenvalue weighted by molar-refractivity contribution is 5.25. The Morgan fingerprint density at radius 2 is 2.00 bits per heavy atom. The van der Waals surface area contributed by atoms with Gasteiger partial charge >= 0.3 is 0 Å². The normalized spacial score (nSPS) is 22.6. The van der Waals surface area contributed by atoms with E-state index in [0.29, 0.717) is 13.0 Å². The van der Waals surface area contributed by atoms with Crippen molar-refractivity contribution in [3.05, 3.63) is 18.1 Å². The third-order valence-corrected chi connectivity index (χ3v) is 3.01. The summed E-state index contributed by atoms with van der Waals surface area (Å²) in [5.74, 6) is -3.77. The van der Waals surface area contributed by atoms with Crippen LogP contribution in [0.3, 0.4) is 0 Å². The molecule has 1 aliphatic heterocycles. The van der Waals surface area contributed by atoms with Crippen LogP contribution in [0.15, 0.2) is 12.4 Å². The first-order chi connectivity index (χ1) is 9.75. The van der Waals surface area contributed by atoms with Crippen LogP contribution >= 0.6 is 0 Å². The van der Waals surface area contributed by atoms with E-state index in [-0.39, 0.29) is 18.1 Å². The predicted octanol–water partition coefficient (Wildman–Crippen LogP) is 0.935. The molecular weight excluding hydrogens is 284 g/mol. The molecule has 120 valence electrons. The summed E-state index contributed by atoms with van der Waals surface area (Å²) in [4.78, 5) is 7.10. The molecular formula is C13H21F2N3O3. The molecule has 0 radical (unpaired) electrons. The summed E-state index contributed by atoms with van der Waals surface area (Å²) in [6.07, 6.45) is 1.60. The molecule has 1 saturated heterocycles. The zero-order valence-corrected chi connectivity index (χ0v) is 12.0. The minimum absolute atomic E-state index is 0.0119. The van der Waals surface area contributed by atoms with E-state index in [2.05, 4.69) is 9.97 Å². The maximum Gasteiger partial charge on any atom is 0.293 e. The second kappa shape index (κ2) is 7.58. The number of aliphatic hydroxyl groups excluding tert-OH is 2. The van der Waals surface area contributed by atoms with Gasteiger partial charge < -0.3 is 20.7 Å². The fourth-order valence-corrected chi connectivity index (χ4v) is 1.55. The average Bonchev–Trinajstić information content (AvgIpc) is 2.43.